The van der Waals surface area contributed by atoms with Crippen molar-refractivity contribution in [3.8, 4) is 11.5 Å². The Morgan fingerprint density at radius 2 is 1.81 bits per heavy atom. The number of nitrogens with zero attached hydrogens (tertiary/aromatic N) is 2. The lowest BCUT2D eigenvalue weighted by Crippen LogP contribution is -1.90. The summed E-state index contributed by atoms with van der Waals surface area (Å²) in [7, 11) is 0. The molecule has 0 radical (unpaired) electrons. The fourth-order valence-electron chi connectivity index (χ4n) is 2.38. The molecule has 4 aromatic rings. The maximum absolute atomic E-state index is 6.10. The summed E-state index contributed by atoms with van der Waals surface area (Å²) in [6, 6.07) is 20.5. The highest BCUT2D eigenvalue weighted by Gasteiger charge is 2.04. The number of para-hydroxylation sites is 1. The zero-order valence-corrected chi connectivity index (χ0v) is 16.2. The summed E-state index contributed by atoms with van der Waals surface area (Å²) in [6.07, 6.45) is 1.72. The molecular formula is C20H13Cl2N3OS. The largest absolute Gasteiger partial charge is 0.456 e. The Labute approximate surface area is 170 Å². The molecule has 0 amide bonds. The van der Waals surface area contributed by atoms with Gasteiger partial charge in [0.15, 0.2) is 0 Å². The summed E-state index contributed by atoms with van der Waals surface area (Å²) in [6.45, 7) is 0. The molecule has 0 aliphatic heterocycles. The van der Waals surface area contributed by atoms with Gasteiger partial charge in [-0.3, -0.25) is 5.43 Å². The average Bonchev–Trinajstić information content (AvgIpc) is 3.07. The van der Waals surface area contributed by atoms with Crippen LogP contribution in [0.3, 0.4) is 0 Å². The average molecular weight is 414 g/mol. The zero-order chi connectivity index (χ0) is 18.6. The molecule has 0 saturated heterocycles. The van der Waals surface area contributed by atoms with Crippen molar-refractivity contribution < 1.29 is 4.74 Å². The van der Waals surface area contributed by atoms with Crippen molar-refractivity contribution >= 4 is 56.1 Å². The summed E-state index contributed by atoms with van der Waals surface area (Å²) in [5.74, 6) is 1.33. The summed E-state index contributed by atoms with van der Waals surface area (Å²) < 4.78 is 6.79. The Bertz CT molecular complexity index is 1110. The number of rotatable bonds is 5. The van der Waals surface area contributed by atoms with Crippen LogP contribution in [-0.4, -0.2) is 11.2 Å². The smallest absolute Gasteiger partial charge is 0.204 e. The van der Waals surface area contributed by atoms with Crippen molar-refractivity contribution in [2.24, 2.45) is 5.10 Å². The van der Waals surface area contributed by atoms with Crippen molar-refractivity contribution in [3.05, 3.63) is 82.3 Å². The number of hydrogen-bond acceptors (Lipinski definition) is 5. The highest BCUT2D eigenvalue weighted by atomic mass is 35.5. The van der Waals surface area contributed by atoms with E-state index in [2.05, 4.69) is 15.5 Å². The second-order valence-electron chi connectivity index (χ2n) is 5.60. The van der Waals surface area contributed by atoms with Crippen LogP contribution in [0.5, 0.6) is 11.5 Å². The summed E-state index contributed by atoms with van der Waals surface area (Å²) in [5, 5.41) is 6.21. The van der Waals surface area contributed by atoms with Gasteiger partial charge in [-0.1, -0.05) is 46.7 Å². The van der Waals surface area contributed by atoms with Crippen molar-refractivity contribution in [2.75, 3.05) is 5.43 Å². The predicted molar refractivity (Wildman–Crippen MR) is 114 cm³/mol. The molecule has 0 bridgehead atoms. The molecule has 1 aromatic heterocycles. The number of ether oxygens (including phenoxy) is 1. The molecule has 1 heterocycles. The molecule has 27 heavy (non-hydrogen) atoms. The Morgan fingerprint density at radius 1 is 1.00 bits per heavy atom. The lowest BCUT2D eigenvalue weighted by Gasteiger charge is -2.07. The Hall–Kier alpha value is -2.60. The second kappa shape index (κ2) is 7.96. The minimum Gasteiger partial charge on any atom is -0.456 e. The number of halogens is 2. The van der Waals surface area contributed by atoms with E-state index in [0.717, 1.165) is 15.8 Å². The van der Waals surface area contributed by atoms with Gasteiger partial charge in [0.2, 0.25) is 5.13 Å². The van der Waals surface area contributed by atoms with Gasteiger partial charge in [-0.05, 0) is 60.2 Å². The molecule has 0 spiro atoms. The van der Waals surface area contributed by atoms with Gasteiger partial charge < -0.3 is 4.74 Å². The quantitative estimate of drug-likeness (QED) is 0.287. The molecule has 3 aromatic carbocycles. The first-order chi connectivity index (χ1) is 13.2. The zero-order valence-electron chi connectivity index (χ0n) is 13.9. The van der Waals surface area contributed by atoms with Gasteiger partial charge in [-0.25, -0.2) is 4.98 Å². The lowest BCUT2D eigenvalue weighted by molar-refractivity contribution is 0.483. The first-order valence-corrected chi connectivity index (χ1v) is 9.62. The maximum atomic E-state index is 6.10. The molecule has 0 aliphatic carbocycles. The molecule has 0 saturated carbocycles. The third-order valence-electron chi connectivity index (χ3n) is 3.67. The number of nitrogens with one attached hydrogen (secondary N) is 1. The van der Waals surface area contributed by atoms with Crippen molar-refractivity contribution in [3.63, 3.8) is 0 Å². The molecule has 4 rings (SSSR count). The molecular weight excluding hydrogens is 401 g/mol. The van der Waals surface area contributed by atoms with Crippen LogP contribution in [0.2, 0.25) is 10.0 Å². The standard InChI is InChI=1S/C20H13Cl2N3OS/c21-14-7-10-17-19(11-14)27-20(24-17)25-23-12-13-5-8-15(9-6-13)26-18-4-2-1-3-16(18)22/h1-12H,(H,24,25)/b23-12-. The van der Waals surface area contributed by atoms with Crippen molar-refractivity contribution in [1.29, 1.82) is 0 Å². The minimum atomic E-state index is 0.574. The highest BCUT2D eigenvalue weighted by Crippen LogP contribution is 2.29. The van der Waals surface area contributed by atoms with E-state index in [-0.39, 0.29) is 0 Å². The third-order valence-corrected chi connectivity index (χ3v) is 5.14. The van der Waals surface area contributed by atoms with Crippen LogP contribution in [0.4, 0.5) is 5.13 Å². The number of thiazole rings is 1. The second-order valence-corrected chi connectivity index (χ2v) is 7.48. The number of fused-ring (bicyclic) bond motifs is 1. The van der Waals surface area contributed by atoms with Crippen LogP contribution >= 0.6 is 34.5 Å². The highest BCUT2D eigenvalue weighted by molar-refractivity contribution is 7.22. The van der Waals surface area contributed by atoms with Crippen LogP contribution in [0, 0.1) is 0 Å². The normalized spacial score (nSPS) is 11.2. The van der Waals surface area contributed by atoms with E-state index in [0.29, 0.717) is 26.7 Å². The van der Waals surface area contributed by atoms with Crippen molar-refractivity contribution in [2.45, 2.75) is 0 Å². The first-order valence-electron chi connectivity index (χ1n) is 8.05. The SMILES string of the molecule is Clc1ccc2nc(N/N=C\c3ccc(Oc4ccccc4Cl)cc3)sc2c1. The molecule has 0 aliphatic rings. The number of anilines is 1. The molecule has 0 fully saturated rings. The summed E-state index contributed by atoms with van der Waals surface area (Å²) in [4.78, 5) is 4.46. The predicted octanol–water partition coefficient (Wildman–Crippen LogP) is 6.84. The van der Waals surface area contributed by atoms with Crippen LogP contribution in [0.15, 0.2) is 71.8 Å². The molecule has 1 N–H and O–H groups in total. The lowest BCUT2D eigenvalue weighted by atomic mass is 10.2. The number of hydrogen-bond donors (Lipinski definition) is 1. The van der Waals surface area contributed by atoms with E-state index in [4.69, 9.17) is 27.9 Å². The van der Waals surface area contributed by atoms with E-state index in [1.54, 1.807) is 12.3 Å². The van der Waals surface area contributed by atoms with Crippen LogP contribution in [0.25, 0.3) is 10.2 Å². The molecule has 0 atom stereocenters. The van der Waals surface area contributed by atoms with Crippen LogP contribution < -0.4 is 10.2 Å². The minimum absolute atomic E-state index is 0.574. The molecule has 4 nitrogen and oxygen atoms in total. The number of aromatic nitrogens is 1. The van der Waals surface area contributed by atoms with Crippen LogP contribution in [0.1, 0.15) is 5.56 Å². The maximum Gasteiger partial charge on any atom is 0.204 e. The van der Waals surface area contributed by atoms with Gasteiger partial charge in [0.05, 0.1) is 21.5 Å². The monoisotopic (exact) mass is 413 g/mol. The Kier molecular flexibility index (Phi) is 5.25. The van der Waals surface area contributed by atoms with E-state index in [9.17, 15) is 0 Å². The Morgan fingerprint density at radius 3 is 2.63 bits per heavy atom. The van der Waals surface area contributed by atoms with Gasteiger partial charge in [0, 0.05) is 5.02 Å². The summed E-state index contributed by atoms with van der Waals surface area (Å²) >= 11 is 13.6. The molecule has 7 heteroatoms. The third kappa shape index (κ3) is 4.39. The molecule has 0 unspecified atom stereocenters. The van der Waals surface area contributed by atoms with E-state index in [1.807, 2.05) is 60.7 Å². The number of benzene rings is 3. The van der Waals surface area contributed by atoms with Gasteiger partial charge in [-0.2, -0.15) is 5.10 Å². The van der Waals surface area contributed by atoms with E-state index in [1.165, 1.54) is 11.3 Å². The molecule has 134 valence electrons. The van der Waals surface area contributed by atoms with Gasteiger partial charge >= 0.3 is 0 Å². The Balaban J connectivity index is 1.41. The van der Waals surface area contributed by atoms with E-state index >= 15 is 0 Å². The number of hydrazone groups is 1. The van der Waals surface area contributed by atoms with Gasteiger partial charge in [0.25, 0.3) is 0 Å². The fourth-order valence-corrected chi connectivity index (χ4v) is 3.65. The fraction of sp³-hybridized carbons (Fsp3) is 0. The van der Waals surface area contributed by atoms with Gasteiger partial charge in [-0.15, -0.1) is 0 Å². The van der Waals surface area contributed by atoms with Gasteiger partial charge in [0.1, 0.15) is 11.5 Å². The first kappa shape index (κ1) is 17.8. The van der Waals surface area contributed by atoms with E-state index < -0.39 is 0 Å². The topological polar surface area (TPSA) is 46.5 Å². The van der Waals surface area contributed by atoms with Crippen molar-refractivity contribution in [1.82, 2.24) is 4.98 Å². The van der Waals surface area contributed by atoms with Crippen LogP contribution in [-0.2, 0) is 0 Å². The summed E-state index contributed by atoms with van der Waals surface area (Å²) in [5.41, 5.74) is 4.77.